The van der Waals surface area contributed by atoms with Gasteiger partial charge in [0.1, 0.15) is 0 Å². The Morgan fingerprint density at radius 2 is 1.69 bits per heavy atom. The predicted octanol–water partition coefficient (Wildman–Crippen LogP) is 3.61. The van der Waals surface area contributed by atoms with Crippen LogP contribution in [-0.4, -0.2) is 11.7 Å². The topological polar surface area (TPSA) is 20.2 Å². The minimum absolute atomic E-state index is 0.346. The summed E-state index contributed by atoms with van der Waals surface area (Å²) in [6.07, 6.45) is 6.43. The molecule has 0 rings (SSSR count). The van der Waals surface area contributed by atoms with Crippen molar-refractivity contribution in [3.8, 4) is 0 Å². The Kier molecular flexibility index (Phi) is 6.40. The van der Waals surface area contributed by atoms with Crippen molar-refractivity contribution in [2.45, 2.75) is 59.8 Å². The second kappa shape index (κ2) is 6.42. The maximum Gasteiger partial charge on any atom is 0.0456 e. The molecule has 0 aliphatic carbocycles. The molecule has 0 bridgehead atoms. The largest absolute Gasteiger partial charge is 0.396 e. The van der Waals surface area contributed by atoms with Crippen molar-refractivity contribution in [1.82, 2.24) is 0 Å². The van der Waals surface area contributed by atoms with Gasteiger partial charge in [-0.15, -0.1) is 0 Å². The van der Waals surface area contributed by atoms with Crippen LogP contribution >= 0.6 is 0 Å². The van der Waals surface area contributed by atoms with Crippen LogP contribution in [-0.2, 0) is 0 Å². The normalized spacial score (nSPS) is 14.5. The number of hydrogen-bond donors (Lipinski definition) is 1. The fourth-order valence-corrected chi connectivity index (χ4v) is 1.42. The van der Waals surface area contributed by atoms with Gasteiger partial charge in [0.2, 0.25) is 0 Å². The van der Waals surface area contributed by atoms with E-state index in [4.69, 9.17) is 5.11 Å². The van der Waals surface area contributed by atoms with E-state index in [-0.39, 0.29) is 0 Å². The Morgan fingerprint density at radius 1 is 1.08 bits per heavy atom. The van der Waals surface area contributed by atoms with Gasteiger partial charge in [-0.25, -0.2) is 0 Å². The average Bonchev–Trinajstić information content (AvgIpc) is 2.01. The molecule has 1 N–H and O–H groups in total. The van der Waals surface area contributed by atoms with Gasteiger partial charge in [0.05, 0.1) is 0 Å². The lowest BCUT2D eigenvalue weighted by molar-refractivity contribution is 0.226. The molecule has 0 amide bonds. The summed E-state index contributed by atoms with van der Waals surface area (Å²) in [7, 11) is 0. The molecule has 0 aliphatic rings. The third-order valence-electron chi connectivity index (χ3n) is 2.44. The fourth-order valence-electron chi connectivity index (χ4n) is 1.42. The van der Waals surface area contributed by atoms with Crippen LogP contribution in [0.2, 0.25) is 0 Å². The first-order chi connectivity index (χ1) is 5.95. The van der Waals surface area contributed by atoms with Crippen LogP contribution in [0.5, 0.6) is 0 Å². The van der Waals surface area contributed by atoms with E-state index in [1.165, 1.54) is 32.1 Å². The summed E-state index contributed by atoms with van der Waals surface area (Å²) < 4.78 is 0. The minimum atomic E-state index is 0.346. The Labute approximate surface area is 83.5 Å². The number of hydrogen-bond acceptors (Lipinski definition) is 1. The monoisotopic (exact) mass is 186 g/mol. The van der Waals surface area contributed by atoms with Crippen LogP contribution in [0, 0.1) is 11.3 Å². The van der Waals surface area contributed by atoms with Crippen LogP contribution in [0.25, 0.3) is 0 Å². The van der Waals surface area contributed by atoms with Gasteiger partial charge in [0, 0.05) is 6.61 Å². The number of unbranched alkanes of at least 4 members (excludes halogenated alkanes) is 2. The van der Waals surface area contributed by atoms with Gasteiger partial charge in [-0.05, 0) is 24.2 Å². The fraction of sp³-hybridized carbons (Fsp3) is 1.00. The zero-order chi connectivity index (χ0) is 10.3. The van der Waals surface area contributed by atoms with Crippen molar-refractivity contribution >= 4 is 0 Å². The summed E-state index contributed by atoms with van der Waals surface area (Å²) in [6, 6.07) is 0. The summed E-state index contributed by atoms with van der Waals surface area (Å²) in [4.78, 5) is 0. The molecule has 1 atom stereocenters. The van der Waals surface area contributed by atoms with E-state index >= 15 is 0 Å². The van der Waals surface area contributed by atoms with Crippen molar-refractivity contribution in [2.24, 2.45) is 11.3 Å². The van der Waals surface area contributed by atoms with E-state index < -0.39 is 0 Å². The molecule has 1 heteroatoms. The first kappa shape index (κ1) is 13.0. The molecule has 0 heterocycles. The Balaban J connectivity index is 3.18. The molecule has 0 aromatic rings. The van der Waals surface area contributed by atoms with E-state index in [0.717, 1.165) is 0 Å². The van der Waals surface area contributed by atoms with E-state index in [1.807, 2.05) is 0 Å². The summed E-state index contributed by atoms with van der Waals surface area (Å²) >= 11 is 0. The van der Waals surface area contributed by atoms with E-state index in [1.54, 1.807) is 0 Å². The zero-order valence-electron chi connectivity index (χ0n) is 9.77. The molecular weight excluding hydrogens is 160 g/mol. The van der Waals surface area contributed by atoms with Gasteiger partial charge in [-0.1, -0.05) is 47.0 Å². The van der Waals surface area contributed by atoms with Gasteiger partial charge in [0.25, 0.3) is 0 Å². The first-order valence-corrected chi connectivity index (χ1v) is 5.56. The highest BCUT2D eigenvalue weighted by molar-refractivity contribution is 4.61. The highest BCUT2D eigenvalue weighted by Gasteiger charge is 2.08. The molecule has 1 nitrogen and oxygen atoms in total. The molecule has 0 saturated heterocycles. The van der Waals surface area contributed by atoms with Crippen LogP contribution in [0.4, 0.5) is 0 Å². The summed E-state index contributed by atoms with van der Waals surface area (Å²) in [5.74, 6) is 0.495. The van der Waals surface area contributed by atoms with Gasteiger partial charge in [-0.2, -0.15) is 0 Å². The molecule has 0 radical (unpaired) electrons. The Hall–Kier alpha value is -0.0400. The minimum Gasteiger partial charge on any atom is -0.396 e. The van der Waals surface area contributed by atoms with Crippen molar-refractivity contribution < 1.29 is 5.11 Å². The van der Waals surface area contributed by atoms with E-state index in [9.17, 15) is 0 Å². The van der Waals surface area contributed by atoms with E-state index in [2.05, 4.69) is 27.7 Å². The molecule has 0 aromatic carbocycles. The molecular formula is C12H26O. The third kappa shape index (κ3) is 9.88. The SMILES string of the molecule is CC(CO)CCCCCC(C)(C)C. The molecule has 0 aromatic heterocycles. The Morgan fingerprint density at radius 3 is 2.15 bits per heavy atom. The van der Waals surface area contributed by atoms with Gasteiger partial charge in [-0.3, -0.25) is 0 Å². The van der Waals surface area contributed by atoms with Crippen LogP contribution < -0.4 is 0 Å². The van der Waals surface area contributed by atoms with E-state index in [0.29, 0.717) is 17.9 Å². The summed E-state index contributed by atoms with van der Waals surface area (Å²) in [5.41, 5.74) is 0.489. The third-order valence-corrected chi connectivity index (χ3v) is 2.44. The molecule has 0 spiro atoms. The molecule has 0 saturated carbocycles. The molecule has 0 fully saturated rings. The van der Waals surface area contributed by atoms with Gasteiger partial charge < -0.3 is 5.11 Å². The summed E-state index contributed by atoms with van der Waals surface area (Å²) in [6.45, 7) is 9.35. The number of aliphatic hydroxyl groups excluding tert-OH is 1. The second-order valence-electron chi connectivity index (χ2n) is 5.45. The lowest BCUT2D eigenvalue weighted by Crippen LogP contribution is -2.04. The molecule has 80 valence electrons. The van der Waals surface area contributed by atoms with Gasteiger partial charge >= 0.3 is 0 Å². The van der Waals surface area contributed by atoms with Crippen molar-refractivity contribution in [2.75, 3.05) is 6.61 Å². The molecule has 1 unspecified atom stereocenters. The maximum absolute atomic E-state index is 8.82. The standard InChI is InChI=1S/C12H26O/c1-11(10-13)8-6-5-7-9-12(2,3)4/h11,13H,5-10H2,1-4H3. The molecule has 13 heavy (non-hydrogen) atoms. The molecule has 0 aliphatic heterocycles. The first-order valence-electron chi connectivity index (χ1n) is 5.56. The lowest BCUT2D eigenvalue weighted by Gasteiger charge is -2.17. The zero-order valence-corrected chi connectivity index (χ0v) is 9.77. The average molecular weight is 186 g/mol. The van der Waals surface area contributed by atoms with Crippen molar-refractivity contribution in [3.63, 3.8) is 0 Å². The number of rotatable bonds is 6. The van der Waals surface area contributed by atoms with Crippen molar-refractivity contribution in [1.29, 1.82) is 0 Å². The number of aliphatic hydroxyl groups is 1. The van der Waals surface area contributed by atoms with Crippen LogP contribution in [0.15, 0.2) is 0 Å². The van der Waals surface area contributed by atoms with Crippen molar-refractivity contribution in [3.05, 3.63) is 0 Å². The highest BCUT2D eigenvalue weighted by Crippen LogP contribution is 2.22. The summed E-state index contributed by atoms with van der Waals surface area (Å²) in [5, 5.41) is 8.82. The quantitative estimate of drug-likeness (QED) is 0.628. The Bertz CT molecular complexity index is 113. The van der Waals surface area contributed by atoms with Crippen LogP contribution in [0.1, 0.15) is 59.8 Å². The van der Waals surface area contributed by atoms with Crippen LogP contribution in [0.3, 0.4) is 0 Å². The highest BCUT2D eigenvalue weighted by atomic mass is 16.3. The second-order valence-corrected chi connectivity index (χ2v) is 5.45. The smallest absolute Gasteiger partial charge is 0.0456 e. The maximum atomic E-state index is 8.82. The predicted molar refractivity (Wildman–Crippen MR) is 58.8 cm³/mol. The van der Waals surface area contributed by atoms with Gasteiger partial charge in [0.15, 0.2) is 0 Å². The lowest BCUT2D eigenvalue weighted by atomic mass is 9.89.